The van der Waals surface area contributed by atoms with Gasteiger partial charge < -0.3 is 9.80 Å². The minimum absolute atomic E-state index is 0.507. The largest absolute Gasteiger partial charge is 0.371 e. The molecule has 0 spiro atoms. The van der Waals surface area contributed by atoms with Gasteiger partial charge in [0.05, 0.1) is 0 Å². The van der Waals surface area contributed by atoms with E-state index in [-0.39, 0.29) is 0 Å². The third-order valence-electron chi connectivity index (χ3n) is 5.09. The second-order valence-corrected chi connectivity index (χ2v) is 7.53. The zero-order chi connectivity index (χ0) is 15.9. The Morgan fingerprint density at radius 2 is 1.62 bits per heavy atom. The third-order valence-corrected chi connectivity index (χ3v) is 6.21. The SMILES string of the molecule is Cc1c(CBr)c(CBr)c(C)c2c1C(N(C)C)CC(C)N2C. The monoisotopic (exact) mass is 416 g/mol. The molecule has 0 fully saturated rings. The predicted octanol–water partition coefficient (Wildman–Crippen LogP) is 4.92. The van der Waals surface area contributed by atoms with Crippen LogP contribution in [0.3, 0.4) is 0 Å². The predicted molar refractivity (Wildman–Crippen MR) is 100 cm³/mol. The molecule has 0 saturated carbocycles. The van der Waals surface area contributed by atoms with Crippen LogP contribution in [0.2, 0.25) is 0 Å². The molecule has 1 heterocycles. The molecule has 2 unspecified atom stereocenters. The van der Waals surface area contributed by atoms with Gasteiger partial charge in [0.2, 0.25) is 0 Å². The van der Waals surface area contributed by atoms with E-state index in [0.717, 1.165) is 10.7 Å². The molecule has 0 aromatic heterocycles. The van der Waals surface area contributed by atoms with Gasteiger partial charge in [0.25, 0.3) is 0 Å². The molecule has 21 heavy (non-hydrogen) atoms. The highest BCUT2D eigenvalue weighted by Gasteiger charge is 2.34. The van der Waals surface area contributed by atoms with Gasteiger partial charge in [-0.15, -0.1) is 0 Å². The first-order chi connectivity index (χ1) is 9.84. The Hall–Kier alpha value is -0.0600. The van der Waals surface area contributed by atoms with E-state index in [1.54, 1.807) is 0 Å². The number of fused-ring (bicyclic) bond motifs is 1. The Balaban J connectivity index is 2.81. The Morgan fingerprint density at radius 3 is 2.10 bits per heavy atom. The Bertz CT molecular complexity index is 540. The summed E-state index contributed by atoms with van der Waals surface area (Å²) in [6, 6.07) is 1.08. The lowest BCUT2D eigenvalue weighted by Crippen LogP contribution is -2.40. The summed E-state index contributed by atoms with van der Waals surface area (Å²) < 4.78 is 0. The van der Waals surface area contributed by atoms with Gasteiger partial charge in [-0.05, 0) is 69.1 Å². The van der Waals surface area contributed by atoms with Crippen LogP contribution >= 0.6 is 31.9 Å². The van der Waals surface area contributed by atoms with Gasteiger partial charge in [0, 0.05) is 35.5 Å². The van der Waals surface area contributed by atoms with Gasteiger partial charge in [0.1, 0.15) is 0 Å². The Labute approximate surface area is 146 Å². The second kappa shape index (κ2) is 6.59. The normalized spacial score (nSPS) is 21.9. The maximum Gasteiger partial charge on any atom is 0.0450 e. The van der Waals surface area contributed by atoms with E-state index in [1.165, 1.54) is 39.9 Å². The zero-order valence-corrected chi connectivity index (χ0v) is 17.1. The molecule has 1 aliphatic rings. The van der Waals surface area contributed by atoms with Crippen molar-refractivity contribution in [2.24, 2.45) is 0 Å². The summed E-state index contributed by atoms with van der Waals surface area (Å²) in [4.78, 5) is 4.85. The van der Waals surface area contributed by atoms with Crippen LogP contribution in [0.25, 0.3) is 0 Å². The minimum Gasteiger partial charge on any atom is -0.371 e. The van der Waals surface area contributed by atoms with E-state index in [2.05, 4.69) is 83.6 Å². The summed E-state index contributed by atoms with van der Waals surface area (Å²) in [5, 5.41) is 1.84. The van der Waals surface area contributed by atoms with E-state index in [9.17, 15) is 0 Å². The molecule has 1 aromatic carbocycles. The third kappa shape index (κ3) is 2.79. The minimum atomic E-state index is 0.507. The summed E-state index contributed by atoms with van der Waals surface area (Å²) in [5.41, 5.74) is 8.77. The van der Waals surface area contributed by atoms with Gasteiger partial charge >= 0.3 is 0 Å². The summed E-state index contributed by atoms with van der Waals surface area (Å²) in [6.45, 7) is 6.91. The highest BCUT2D eigenvalue weighted by atomic mass is 79.9. The van der Waals surface area contributed by atoms with Gasteiger partial charge in [-0.2, -0.15) is 0 Å². The maximum atomic E-state index is 3.70. The van der Waals surface area contributed by atoms with Gasteiger partial charge in [-0.1, -0.05) is 31.9 Å². The van der Waals surface area contributed by atoms with E-state index in [0.29, 0.717) is 12.1 Å². The van der Waals surface area contributed by atoms with Crippen molar-refractivity contribution in [2.45, 2.75) is 49.9 Å². The summed E-state index contributed by atoms with van der Waals surface area (Å²) in [5.74, 6) is 0. The van der Waals surface area contributed by atoms with Crippen LogP contribution in [0.4, 0.5) is 5.69 Å². The first-order valence-electron chi connectivity index (χ1n) is 7.51. The van der Waals surface area contributed by atoms with E-state index >= 15 is 0 Å². The van der Waals surface area contributed by atoms with Gasteiger partial charge in [-0.25, -0.2) is 0 Å². The van der Waals surface area contributed by atoms with Crippen LogP contribution in [0.15, 0.2) is 0 Å². The summed E-state index contributed by atoms with van der Waals surface area (Å²) in [7, 11) is 6.65. The average Bonchev–Trinajstić information content (AvgIpc) is 2.44. The van der Waals surface area contributed by atoms with E-state index in [1.807, 2.05) is 0 Å². The van der Waals surface area contributed by atoms with Crippen molar-refractivity contribution in [2.75, 3.05) is 26.0 Å². The smallest absolute Gasteiger partial charge is 0.0450 e. The number of rotatable bonds is 3. The van der Waals surface area contributed by atoms with E-state index in [4.69, 9.17) is 0 Å². The molecule has 0 radical (unpaired) electrons. The first kappa shape index (κ1) is 17.3. The molecule has 0 bridgehead atoms. The highest BCUT2D eigenvalue weighted by Crippen LogP contribution is 2.45. The molecule has 2 nitrogen and oxygen atoms in total. The summed E-state index contributed by atoms with van der Waals surface area (Å²) in [6.07, 6.45) is 1.19. The van der Waals surface area contributed by atoms with Crippen molar-refractivity contribution in [3.63, 3.8) is 0 Å². The number of hydrogen-bond acceptors (Lipinski definition) is 2. The molecular weight excluding hydrogens is 392 g/mol. The van der Waals surface area contributed by atoms with Crippen molar-refractivity contribution in [1.29, 1.82) is 0 Å². The molecular formula is C17H26Br2N2. The molecule has 1 aliphatic heterocycles. The van der Waals surface area contributed by atoms with Crippen LogP contribution < -0.4 is 4.90 Å². The van der Waals surface area contributed by atoms with Gasteiger partial charge in [0.15, 0.2) is 0 Å². The van der Waals surface area contributed by atoms with Crippen molar-refractivity contribution in [1.82, 2.24) is 4.90 Å². The number of benzene rings is 1. The van der Waals surface area contributed by atoms with Crippen molar-refractivity contribution in [3.8, 4) is 0 Å². The van der Waals surface area contributed by atoms with Crippen LogP contribution in [0, 0.1) is 13.8 Å². The van der Waals surface area contributed by atoms with Crippen molar-refractivity contribution >= 4 is 37.5 Å². The molecule has 1 aromatic rings. The standard InChI is InChI=1S/C17H26Br2N2/c1-10-7-15(20(4)5)16-11(2)13(8-18)14(9-19)12(3)17(16)21(10)6/h10,15H,7-9H2,1-6H3. The molecule has 0 aliphatic carbocycles. The number of nitrogens with zero attached hydrogens (tertiary/aromatic N) is 2. The van der Waals surface area contributed by atoms with Crippen LogP contribution in [0.1, 0.15) is 47.2 Å². The topological polar surface area (TPSA) is 6.48 Å². The van der Waals surface area contributed by atoms with Crippen molar-refractivity contribution < 1.29 is 0 Å². The highest BCUT2D eigenvalue weighted by molar-refractivity contribution is 9.09. The summed E-state index contributed by atoms with van der Waals surface area (Å²) >= 11 is 7.39. The van der Waals surface area contributed by atoms with Gasteiger partial charge in [-0.3, -0.25) is 0 Å². The second-order valence-electron chi connectivity index (χ2n) is 6.41. The first-order valence-corrected chi connectivity index (χ1v) is 9.75. The molecule has 4 heteroatoms. The lowest BCUT2D eigenvalue weighted by Gasteiger charge is -2.44. The molecule has 0 saturated heterocycles. The molecule has 2 rings (SSSR count). The van der Waals surface area contributed by atoms with E-state index < -0.39 is 0 Å². The maximum absolute atomic E-state index is 3.70. The molecule has 2 atom stereocenters. The number of anilines is 1. The Kier molecular flexibility index (Phi) is 5.43. The number of hydrogen-bond donors (Lipinski definition) is 0. The molecule has 118 valence electrons. The lowest BCUT2D eigenvalue weighted by molar-refractivity contribution is 0.260. The van der Waals surface area contributed by atoms with Crippen LogP contribution in [-0.4, -0.2) is 32.1 Å². The van der Waals surface area contributed by atoms with Crippen LogP contribution in [-0.2, 0) is 10.7 Å². The molecule has 0 amide bonds. The average molecular weight is 418 g/mol. The Morgan fingerprint density at radius 1 is 1.10 bits per heavy atom. The van der Waals surface area contributed by atoms with Crippen LogP contribution in [0.5, 0.6) is 0 Å². The molecule has 0 N–H and O–H groups in total. The quantitative estimate of drug-likeness (QED) is 0.643. The van der Waals surface area contributed by atoms with Crippen molar-refractivity contribution in [3.05, 3.63) is 27.8 Å². The fraction of sp³-hybridized carbons (Fsp3) is 0.647. The fourth-order valence-corrected chi connectivity index (χ4v) is 5.17. The fourth-order valence-electron chi connectivity index (χ4n) is 3.65. The number of halogens is 2. The zero-order valence-electron chi connectivity index (χ0n) is 13.9. The lowest BCUT2D eigenvalue weighted by atomic mass is 9.82. The number of alkyl halides is 2.